The van der Waals surface area contributed by atoms with Crippen molar-refractivity contribution in [2.24, 2.45) is 11.1 Å². The standard InChI is InChI=1S/C22H28N2O2.ClH/c23-17-22(12-15-26-16-13-22)21(25)24-14-11-20(18-7-3-1-4-8-18)19-9-5-2-6-10-19;/h1-10,20H,11-17,23H2,(H,24,25);1H. The first-order valence-corrected chi connectivity index (χ1v) is 9.41. The Hall–Kier alpha value is -1.88. The summed E-state index contributed by atoms with van der Waals surface area (Å²) in [6.07, 6.45) is 2.27. The summed E-state index contributed by atoms with van der Waals surface area (Å²) < 4.78 is 5.40. The van der Waals surface area contributed by atoms with Crippen LogP contribution in [-0.4, -0.2) is 32.2 Å². The predicted molar refractivity (Wildman–Crippen MR) is 111 cm³/mol. The van der Waals surface area contributed by atoms with Crippen molar-refractivity contribution in [2.75, 3.05) is 26.3 Å². The van der Waals surface area contributed by atoms with Crippen molar-refractivity contribution in [1.82, 2.24) is 5.32 Å². The lowest BCUT2D eigenvalue weighted by atomic mass is 9.79. The van der Waals surface area contributed by atoms with E-state index in [-0.39, 0.29) is 24.2 Å². The molecule has 1 aliphatic heterocycles. The van der Waals surface area contributed by atoms with Gasteiger partial charge < -0.3 is 15.8 Å². The second-order valence-electron chi connectivity index (χ2n) is 7.02. The maximum Gasteiger partial charge on any atom is 0.227 e. The van der Waals surface area contributed by atoms with E-state index in [4.69, 9.17) is 10.5 Å². The average molecular weight is 389 g/mol. The van der Waals surface area contributed by atoms with Crippen LogP contribution in [0.3, 0.4) is 0 Å². The number of carbonyl (C=O) groups is 1. The van der Waals surface area contributed by atoms with Crippen LogP contribution in [0, 0.1) is 5.41 Å². The molecule has 0 bridgehead atoms. The van der Waals surface area contributed by atoms with E-state index in [1.807, 2.05) is 12.1 Å². The van der Waals surface area contributed by atoms with E-state index < -0.39 is 5.41 Å². The third-order valence-corrected chi connectivity index (χ3v) is 5.44. The molecule has 2 aromatic rings. The Morgan fingerprint density at radius 2 is 1.52 bits per heavy atom. The van der Waals surface area contributed by atoms with Gasteiger partial charge in [-0.3, -0.25) is 4.79 Å². The van der Waals surface area contributed by atoms with E-state index in [0.717, 1.165) is 6.42 Å². The maximum absolute atomic E-state index is 12.8. The molecule has 0 spiro atoms. The van der Waals surface area contributed by atoms with Gasteiger partial charge in [0.05, 0.1) is 5.41 Å². The van der Waals surface area contributed by atoms with Gasteiger partial charge in [-0.15, -0.1) is 12.4 Å². The number of hydrogen-bond donors (Lipinski definition) is 2. The molecule has 0 saturated carbocycles. The zero-order valence-corrected chi connectivity index (χ0v) is 16.4. The van der Waals surface area contributed by atoms with Crippen LogP contribution in [0.15, 0.2) is 60.7 Å². The summed E-state index contributed by atoms with van der Waals surface area (Å²) in [7, 11) is 0. The average Bonchev–Trinajstić information content (AvgIpc) is 2.73. The number of ether oxygens (including phenoxy) is 1. The quantitative estimate of drug-likeness (QED) is 0.762. The van der Waals surface area contributed by atoms with Crippen LogP contribution in [0.2, 0.25) is 0 Å². The molecule has 0 aromatic heterocycles. The fourth-order valence-corrected chi connectivity index (χ4v) is 3.70. The van der Waals surface area contributed by atoms with Gasteiger partial charge in [-0.05, 0) is 30.4 Å². The predicted octanol–water partition coefficient (Wildman–Crippen LogP) is 3.50. The van der Waals surface area contributed by atoms with Crippen LogP contribution in [-0.2, 0) is 9.53 Å². The Bertz CT molecular complexity index is 648. The van der Waals surface area contributed by atoms with Gasteiger partial charge in [0, 0.05) is 32.2 Å². The highest BCUT2D eigenvalue weighted by molar-refractivity contribution is 5.85. The second-order valence-corrected chi connectivity index (χ2v) is 7.02. The number of carbonyl (C=O) groups excluding carboxylic acids is 1. The minimum absolute atomic E-state index is 0. The zero-order valence-electron chi connectivity index (χ0n) is 15.6. The van der Waals surface area contributed by atoms with Crippen molar-refractivity contribution in [3.05, 3.63) is 71.8 Å². The number of rotatable bonds is 7. The molecule has 0 radical (unpaired) electrons. The third-order valence-electron chi connectivity index (χ3n) is 5.44. The number of halogens is 1. The molecule has 2 aromatic carbocycles. The molecule has 3 rings (SSSR count). The highest BCUT2D eigenvalue weighted by Gasteiger charge is 2.38. The van der Waals surface area contributed by atoms with Crippen molar-refractivity contribution in [3.63, 3.8) is 0 Å². The fraction of sp³-hybridized carbons (Fsp3) is 0.409. The molecule has 146 valence electrons. The number of amides is 1. The van der Waals surface area contributed by atoms with Gasteiger partial charge in [0.2, 0.25) is 5.91 Å². The molecule has 1 saturated heterocycles. The van der Waals surface area contributed by atoms with Crippen molar-refractivity contribution < 1.29 is 9.53 Å². The van der Waals surface area contributed by atoms with Crippen LogP contribution < -0.4 is 11.1 Å². The third kappa shape index (κ3) is 5.32. The summed E-state index contributed by atoms with van der Waals surface area (Å²) in [6.45, 7) is 2.24. The zero-order chi connectivity index (χ0) is 18.2. The van der Waals surface area contributed by atoms with E-state index in [9.17, 15) is 4.79 Å². The Labute approximate surface area is 167 Å². The Morgan fingerprint density at radius 1 is 1.00 bits per heavy atom. The van der Waals surface area contributed by atoms with Gasteiger partial charge in [0.1, 0.15) is 0 Å². The first kappa shape index (κ1) is 21.4. The molecule has 27 heavy (non-hydrogen) atoms. The second kappa shape index (κ2) is 10.5. The smallest absolute Gasteiger partial charge is 0.227 e. The molecule has 5 heteroatoms. The fourth-order valence-electron chi connectivity index (χ4n) is 3.70. The molecule has 1 fully saturated rings. The monoisotopic (exact) mass is 388 g/mol. The lowest BCUT2D eigenvalue weighted by Gasteiger charge is -2.34. The minimum Gasteiger partial charge on any atom is -0.381 e. The lowest BCUT2D eigenvalue weighted by molar-refractivity contribution is -0.135. The van der Waals surface area contributed by atoms with Gasteiger partial charge in [-0.2, -0.15) is 0 Å². The van der Waals surface area contributed by atoms with Crippen molar-refractivity contribution in [1.29, 1.82) is 0 Å². The molecule has 0 aliphatic carbocycles. The molecule has 0 atom stereocenters. The Kier molecular flexibility index (Phi) is 8.29. The van der Waals surface area contributed by atoms with E-state index in [1.165, 1.54) is 11.1 Å². The SMILES string of the molecule is Cl.NCC1(C(=O)NCCC(c2ccccc2)c2ccccc2)CCOCC1. The number of hydrogen-bond acceptors (Lipinski definition) is 3. The molecule has 1 heterocycles. The Balaban J connectivity index is 0.00000261. The van der Waals surface area contributed by atoms with Gasteiger partial charge in [-0.1, -0.05) is 60.7 Å². The summed E-state index contributed by atoms with van der Waals surface area (Å²) in [5.41, 5.74) is 8.01. The molecule has 4 nitrogen and oxygen atoms in total. The first-order valence-electron chi connectivity index (χ1n) is 9.41. The molecule has 1 aliphatic rings. The maximum atomic E-state index is 12.8. The van der Waals surface area contributed by atoms with E-state index in [0.29, 0.717) is 39.1 Å². The van der Waals surface area contributed by atoms with Gasteiger partial charge in [0.15, 0.2) is 0 Å². The summed E-state index contributed by atoms with van der Waals surface area (Å²) >= 11 is 0. The normalized spacial score (nSPS) is 15.8. The lowest BCUT2D eigenvalue weighted by Crippen LogP contribution is -2.49. The summed E-state index contributed by atoms with van der Waals surface area (Å²) in [5.74, 6) is 0.337. The molecule has 3 N–H and O–H groups in total. The van der Waals surface area contributed by atoms with Gasteiger partial charge >= 0.3 is 0 Å². The highest BCUT2D eigenvalue weighted by atomic mass is 35.5. The van der Waals surface area contributed by atoms with Crippen LogP contribution in [0.4, 0.5) is 0 Å². The number of nitrogens with one attached hydrogen (secondary N) is 1. The number of benzene rings is 2. The largest absolute Gasteiger partial charge is 0.381 e. The first-order chi connectivity index (χ1) is 12.7. The van der Waals surface area contributed by atoms with Crippen molar-refractivity contribution in [2.45, 2.75) is 25.2 Å². The van der Waals surface area contributed by atoms with Gasteiger partial charge in [0.25, 0.3) is 0 Å². The summed E-state index contributed by atoms with van der Waals surface area (Å²) in [6, 6.07) is 20.9. The number of nitrogens with two attached hydrogens (primary N) is 1. The molecule has 0 unspecified atom stereocenters. The minimum atomic E-state index is -0.465. The van der Waals surface area contributed by atoms with E-state index in [1.54, 1.807) is 0 Å². The van der Waals surface area contributed by atoms with Crippen molar-refractivity contribution in [3.8, 4) is 0 Å². The van der Waals surface area contributed by atoms with E-state index >= 15 is 0 Å². The van der Waals surface area contributed by atoms with Crippen LogP contribution >= 0.6 is 12.4 Å². The van der Waals surface area contributed by atoms with Gasteiger partial charge in [-0.25, -0.2) is 0 Å². The van der Waals surface area contributed by atoms with Crippen molar-refractivity contribution >= 4 is 18.3 Å². The Morgan fingerprint density at radius 3 is 2.00 bits per heavy atom. The molecular formula is C22H29ClN2O2. The molecule has 1 amide bonds. The molecular weight excluding hydrogens is 360 g/mol. The highest BCUT2D eigenvalue weighted by Crippen LogP contribution is 2.30. The van der Waals surface area contributed by atoms with Crippen LogP contribution in [0.1, 0.15) is 36.3 Å². The van der Waals surface area contributed by atoms with Crippen LogP contribution in [0.25, 0.3) is 0 Å². The topological polar surface area (TPSA) is 64.4 Å². The van der Waals surface area contributed by atoms with Crippen LogP contribution in [0.5, 0.6) is 0 Å². The van der Waals surface area contributed by atoms with E-state index in [2.05, 4.69) is 53.8 Å². The summed E-state index contributed by atoms with van der Waals surface area (Å²) in [4.78, 5) is 12.8. The summed E-state index contributed by atoms with van der Waals surface area (Å²) in [5, 5.41) is 3.14.